The quantitative estimate of drug-likeness (QED) is 0.682. The van der Waals surface area contributed by atoms with Crippen molar-refractivity contribution in [3.63, 3.8) is 0 Å². The minimum Gasteiger partial charge on any atom is -0.497 e. The minimum atomic E-state index is -4.68. The van der Waals surface area contributed by atoms with Crippen molar-refractivity contribution in [1.82, 2.24) is 19.6 Å². The Hall–Kier alpha value is -3.17. The summed E-state index contributed by atoms with van der Waals surface area (Å²) < 4.78 is 50.0. The third-order valence-corrected chi connectivity index (χ3v) is 4.72. The third-order valence-electron chi connectivity index (χ3n) is 4.72. The van der Waals surface area contributed by atoms with Gasteiger partial charge in [0.25, 0.3) is 11.6 Å². The molecule has 0 N–H and O–H groups in total. The Morgan fingerprint density at radius 2 is 1.93 bits per heavy atom. The topological polar surface area (TPSA) is 78.6 Å². The largest absolute Gasteiger partial charge is 0.497 e. The first kappa shape index (κ1) is 18.2. The van der Waals surface area contributed by atoms with Crippen LogP contribution in [0.3, 0.4) is 0 Å². The zero-order chi connectivity index (χ0) is 20.1. The number of nitrogens with zero attached hydrogens (tertiary/aromatic N) is 4. The van der Waals surface area contributed by atoms with Crippen molar-refractivity contribution in [1.29, 1.82) is 0 Å². The van der Waals surface area contributed by atoms with Crippen LogP contribution in [-0.2, 0) is 12.6 Å². The van der Waals surface area contributed by atoms with Gasteiger partial charge in [0, 0.05) is 24.6 Å². The average Bonchev–Trinajstić information content (AvgIpc) is 3.09. The van der Waals surface area contributed by atoms with E-state index in [1.54, 1.807) is 12.1 Å². The molecule has 0 amide bonds. The maximum Gasteiger partial charge on any atom is 0.453 e. The summed E-state index contributed by atoms with van der Waals surface area (Å²) >= 11 is 0. The molecule has 1 aliphatic carbocycles. The summed E-state index contributed by atoms with van der Waals surface area (Å²) in [5, 5.41) is 3.38. The Morgan fingerprint density at radius 1 is 1.14 bits per heavy atom. The number of ketones is 1. The molecule has 0 radical (unpaired) electrons. The summed E-state index contributed by atoms with van der Waals surface area (Å²) in [4.78, 5) is 20.3. The lowest BCUT2D eigenvalue weighted by atomic mass is 9.82. The van der Waals surface area contributed by atoms with Gasteiger partial charge < -0.3 is 9.47 Å². The highest BCUT2D eigenvalue weighted by molar-refractivity contribution is 5.98. The van der Waals surface area contributed by atoms with Gasteiger partial charge in [-0.3, -0.25) is 4.79 Å². The molecule has 0 bridgehead atoms. The summed E-state index contributed by atoms with van der Waals surface area (Å²) in [5.41, 5.74) is 1.46. The molecule has 0 saturated carbocycles. The molecule has 1 aromatic carbocycles. The van der Waals surface area contributed by atoms with E-state index in [2.05, 4.69) is 15.1 Å². The van der Waals surface area contributed by atoms with Gasteiger partial charge in [0.2, 0.25) is 0 Å². The van der Waals surface area contributed by atoms with Gasteiger partial charge in [-0.15, -0.1) is 5.10 Å². The molecule has 0 fully saturated rings. The van der Waals surface area contributed by atoms with E-state index in [1.165, 1.54) is 20.4 Å². The molecular weight excluding hydrogens is 377 g/mol. The lowest BCUT2D eigenvalue weighted by Crippen LogP contribution is -2.21. The Balaban J connectivity index is 1.75. The van der Waals surface area contributed by atoms with Gasteiger partial charge in [0.15, 0.2) is 5.78 Å². The van der Waals surface area contributed by atoms with Crippen LogP contribution in [0.25, 0.3) is 5.78 Å². The Labute approximate surface area is 157 Å². The summed E-state index contributed by atoms with van der Waals surface area (Å²) in [6, 6.07) is 5.31. The molecule has 3 aromatic rings. The number of carbonyl (C=O) groups is 1. The molecule has 0 aliphatic heterocycles. The lowest BCUT2D eigenvalue weighted by molar-refractivity contribution is -0.144. The van der Waals surface area contributed by atoms with Crippen molar-refractivity contribution in [3.8, 4) is 11.5 Å². The number of ether oxygens (including phenoxy) is 2. The molecule has 1 atom stereocenters. The highest BCUT2D eigenvalue weighted by Crippen LogP contribution is 2.38. The van der Waals surface area contributed by atoms with Gasteiger partial charge in [0.1, 0.15) is 11.5 Å². The van der Waals surface area contributed by atoms with E-state index < -0.39 is 12.0 Å². The first-order chi connectivity index (χ1) is 13.3. The monoisotopic (exact) mass is 392 g/mol. The predicted octanol–water partition coefficient (Wildman–Crippen LogP) is 3.07. The molecule has 146 valence electrons. The number of aromatic nitrogens is 4. The van der Waals surface area contributed by atoms with Gasteiger partial charge in [-0.05, 0) is 18.1 Å². The van der Waals surface area contributed by atoms with E-state index in [0.29, 0.717) is 23.6 Å². The first-order valence-corrected chi connectivity index (χ1v) is 8.38. The molecule has 28 heavy (non-hydrogen) atoms. The second-order valence-corrected chi connectivity index (χ2v) is 6.42. The number of halogens is 3. The fourth-order valence-corrected chi connectivity index (χ4v) is 3.38. The van der Waals surface area contributed by atoms with E-state index in [9.17, 15) is 18.0 Å². The maximum atomic E-state index is 12.9. The van der Waals surface area contributed by atoms with E-state index in [4.69, 9.17) is 9.47 Å². The Bertz CT molecular complexity index is 1080. The van der Waals surface area contributed by atoms with Gasteiger partial charge in [-0.1, -0.05) is 6.07 Å². The molecule has 1 aliphatic rings. The highest BCUT2D eigenvalue weighted by atomic mass is 19.4. The van der Waals surface area contributed by atoms with Crippen molar-refractivity contribution in [2.45, 2.75) is 24.9 Å². The van der Waals surface area contributed by atoms with Crippen molar-refractivity contribution in [2.24, 2.45) is 0 Å². The minimum absolute atomic E-state index is 0.184. The number of rotatable bonds is 3. The van der Waals surface area contributed by atoms with Gasteiger partial charge in [-0.25, -0.2) is 9.50 Å². The van der Waals surface area contributed by atoms with Crippen LogP contribution in [0, 0.1) is 0 Å². The number of alkyl halides is 3. The van der Waals surface area contributed by atoms with E-state index >= 15 is 0 Å². The summed E-state index contributed by atoms with van der Waals surface area (Å²) in [7, 11) is 3.06. The van der Waals surface area contributed by atoms with Gasteiger partial charge in [0.05, 0.1) is 25.5 Å². The van der Waals surface area contributed by atoms with E-state index in [-0.39, 0.29) is 29.5 Å². The molecule has 0 spiro atoms. The van der Waals surface area contributed by atoms with Crippen LogP contribution in [0.2, 0.25) is 0 Å². The van der Waals surface area contributed by atoms with Crippen molar-refractivity contribution >= 4 is 11.6 Å². The smallest absolute Gasteiger partial charge is 0.453 e. The van der Waals surface area contributed by atoms with Crippen LogP contribution >= 0.6 is 0 Å². The van der Waals surface area contributed by atoms with Gasteiger partial charge in [-0.2, -0.15) is 18.2 Å². The number of benzene rings is 1. The number of carbonyl (C=O) groups excluding carboxylic acids is 1. The first-order valence-electron chi connectivity index (χ1n) is 8.38. The number of fused-ring (bicyclic) bond motifs is 2. The zero-order valence-electron chi connectivity index (χ0n) is 14.9. The summed E-state index contributed by atoms with van der Waals surface area (Å²) in [6.45, 7) is 0. The van der Waals surface area contributed by atoms with E-state index in [1.807, 2.05) is 6.07 Å². The Kier molecular flexibility index (Phi) is 4.20. The average molecular weight is 392 g/mol. The zero-order valence-corrected chi connectivity index (χ0v) is 14.9. The van der Waals surface area contributed by atoms with Crippen molar-refractivity contribution in [2.75, 3.05) is 14.2 Å². The molecular formula is C18H15F3N4O3. The fraction of sp³-hybridized carbons (Fsp3) is 0.333. The predicted molar refractivity (Wildman–Crippen MR) is 90.7 cm³/mol. The molecule has 1 unspecified atom stereocenters. The van der Waals surface area contributed by atoms with Crippen LogP contribution in [0.4, 0.5) is 13.2 Å². The van der Waals surface area contributed by atoms with Crippen LogP contribution in [-0.4, -0.2) is 39.6 Å². The molecule has 2 heterocycles. The number of methoxy groups -OCH3 is 2. The SMILES string of the molecule is COc1ccc(C2CC(=O)c3cn4nc(C(F)(F)F)nc4nc3C2)c(OC)c1. The van der Waals surface area contributed by atoms with Crippen LogP contribution in [0.15, 0.2) is 24.4 Å². The molecule has 10 heteroatoms. The molecule has 0 saturated heterocycles. The van der Waals surface area contributed by atoms with Crippen molar-refractivity contribution in [3.05, 3.63) is 47.0 Å². The maximum absolute atomic E-state index is 12.9. The van der Waals surface area contributed by atoms with Crippen molar-refractivity contribution < 1.29 is 27.4 Å². The molecule has 7 nitrogen and oxygen atoms in total. The Morgan fingerprint density at radius 3 is 2.61 bits per heavy atom. The second kappa shape index (κ2) is 6.47. The standard InChI is InChI=1S/C18H15F3N4O3/c1-27-10-3-4-11(15(7-10)28-2)9-5-13-12(14(26)6-9)8-25-17(22-13)23-16(24-25)18(19,20)21/h3-4,7-9H,5-6H2,1-2H3. The molecule has 4 rings (SSSR count). The number of hydrogen-bond donors (Lipinski definition) is 0. The van der Waals surface area contributed by atoms with E-state index in [0.717, 1.165) is 10.1 Å². The van der Waals surface area contributed by atoms with Crippen LogP contribution in [0.1, 0.15) is 39.8 Å². The normalized spacial score (nSPS) is 16.9. The second-order valence-electron chi connectivity index (χ2n) is 6.42. The lowest BCUT2D eigenvalue weighted by Gasteiger charge is -2.24. The number of Topliss-reactive ketones (excluding diaryl/α,β-unsaturated/α-hetero) is 1. The summed E-state index contributed by atoms with van der Waals surface area (Å²) in [5.74, 6) is -0.734. The highest BCUT2D eigenvalue weighted by Gasteiger charge is 2.37. The van der Waals surface area contributed by atoms with Crippen LogP contribution < -0.4 is 9.47 Å². The fourth-order valence-electron chi connectivity index (χ4n) is 3.38. The molecule has 2 aromatic heterocycles. The number of hydrogen-bond acceptors (Lipinski definition) is 6. The van der Waals surface area contributed by atoms with Crippen LogP contribution in [0.5, 0.6) is 11.5 Å². The third kappa shape index (κ3) is 3.04. The van der Waals surface area contributed by atoms with Gasteiger partial charge >= 0.3 is 6.18 Å². The summed E-state index contributed by atoms with van der Waals surface area (Å²) in [6.07, 6.45) is -2.86.